The Hall–Kier alpha value is -1.94. The quantitative estimate of drug-likeness (QED) is 0.571. The first-order chi connectivity index (χ1) is 12.1. The van der Waals surface area contributed by atoms with Crippen molar-refractivity contribution in [3.05, 3.63) is 53.4 Å². The smallest absolute Gasteiger partial charge is 0.0369 e. The Morgan fingerprint density at radius 3 is 2.72 bits per heavy atom. The van der Waals surface area contributed by atoms with Crippen LogP contribution in [0.2, 0.25) is 0 Å². The van der Waals surface area contributed by atoms with Gasteiger partial charge in [-0.15, -0.1) is 0 Å². The van der Waals surface area contributed by atoms with Crippen molar-refractivity contribution in [1.82, 2.24) is 10.6 Å². The van der Waals surface area contributed by atoms with E-state index < -0.39 is 0 Å². The van der Waals surface area contributed by atoms with Crippen molar-refractivity contribution >= 4 is 5.69 Å². The third-order valence-electron chi connectivity index (χ3n) is 4.82. The maximum Gasteiger partial charge on any atom is 0.0369 e. The van der Waals surface area contributed by atoms with Gasteiger partial charge in [0.05, 0.1) is 0 Å². The molecule has 1 aliphatic carbocycles. The monoisotopic (exact) mass is 342 g/mol. The first kappa shape index (κ1) is 19.4. The predicted molar refractivity (Wildman–Crippen MR) is 109 cm³/mol. The molecule has 2 rings (SSSR count). The summed E-state index contributed by atoms with van der Waals surface area (Å²) in [6.07, 6.45) is 4.51. The number of aryl methyl sites for hydroxylation is 1. The van der Waals surface area contributed by atoms with Crippen LogP contribution in [0.15, 0.2) is 47.8 Å². The number of nitrogens with two attached hydrogens (primary N) is 1. The van der Waals surface area contributed by atoms with E-state index in [1.165, 1.54) is 29.7 Å². The standard InChI is InChI=1S/C21H34N4/c1-4-25(19-9-7-8-17(2)16-19)15-14-23-12-13-24-18(3)20-10-5-6-11-21(20)22/h7-9,16,23-24H,3-6,10-15,22H2,1-2H3. The lowest BCUT2D eigenvalue weighted by atomic mass is 9.95. The molecule has 0 bridgehead atoms. The molecule has 4 nitrogen and oxygen atoms in total. The number of benzene rings is 1. The molecule has 0 aliphatic heterocycles. The van der Waals surface area contributed by atoms with Crippen LogP contribution in [0.5, 0.6) is 0 Å². The highest BCUT2D eigenvalue weighted by Crippen LogP contribution is 2.24. The second-order valence-corrected chi connectivity index (χ2v) is 6.78. The van der Waals surface area contributed by atoms with E-state index in [0.717, 1.165) is 57.0 Å². The average molecular weight is 343 g/mol. The molecular weight excluding hydrogens is 308 g/mol. The first-order valence-corrected chi connectivity index (χ1v) is 9.54. The van der Waals surface area contributed by atoms with Gasteiger partial charge in [0.15, 0.2) is 0 Å². The van der Waals surface area contributed by atoms with E-state index in [0.29, 0.717) is 0 Å². The van der Waals surface area contributed by atoms with E-state index in [1.54, 1.807) is 0 Å². The molecule has 0 aromatic heterocycles. The summed E-state index contributed by atoms with van der Waals surface area (Å²) in [5.41, 5.74) is 12.0. The van der Waals surface area contributed by atoms with Crippen LogP contribution in [-0.2, 0) is 0 Å². The summed E-state index contributed by atoms with van der Waals surface area (Å²) in [5.74, 6) is 0. The van der Waals surface area contributed by atoms with Crippen molar-refractivity contribution in [2.75, 3.05) is 37.6 Å². The summed E-state index contributed by atoms with van der Waals surface area (Å²) < 4.78 is 0. The summed E-state index contributed by atoms with van der Waals surface area (Å²) in [4.78, 5) is 2.40. The molecule has 0 saturated heterocycles. The van der Waals surface area contributed by atoms with Crippen LogP contribution in [0.4, 0.5) is 5.69 Å². The van der Waals surface area contributed by atoms with E-state index in [9.17, 15) is 0 Å². The molecule has 0 radical (unpaired) electrons. The van der Waals surface area contributed by atoms with Crippen LogP contribution in [0, 0.1) is 6.92 Å². The van der Waals surface area contributed by atoms with Gasteiger partial charge < -0.3 is 21.3 Å². The lowest BCUT2D eigenvalue weighted by Gasteiger charge is -2.24. The zero-order chi connectivity index (χ0) is 18.1. The summed E-state index contributed by atoms with van der Waals surface area (Å²) >= 11 is 0. The molecule has 138 valence electrons. The van der Waals surface area contributed by atoms with Crippen LogP contribution in [0.1, 0.15) is 38.2 Å². The minimum Gasteiger partial charge on any atom is -0.402 e. The number of hydrogen-bond acceptors (Lipinski definition) is 4. The van der Waals surface area contributed by atoms with E-state index in [2.05, 4.69) is 60.2 Å². The van der Waals surface area contributed by atoms with Crippen LogP contribution in [-0.4, -0.2) is 32.7 Å². The molecule has 0 saturated carbocycles. The van der Waals surface area contributed by atoms with Crippen molar-refractivity contribution in [2.45, 2.75) is 39.5 Å². The number of nitrogens with zero attached hydrogens (tertiary/aromatic N) is 1. The maximum absolute atomic E-state index is 6.10. The van der Waals surface area contributed by atoms with Gasteiger partial charge in [0.1, 0.15) is 0 Å². The Balaban J connectivity index is 1.65. The third kappa shape index (κ3) is 6.13. The highest BCUT2D eigenvalue weighted by atomic mass is 15.1. The molecule has 0 atom stereocenters. The highest BCUT2D eigenvalue weighted by molar-refractivity contribution is 5.48. The van der Waals surface area contributed by atoms with Gasteiger partial charge in [-0.1, -0.05) is 18.7 Å². The van der Waals surface area contributed by atoms with Crippen LogP contribution in [0.3, 0.4) is 0 Å². The van der Waals surface area contributed by atoms with Gasteiger partial charge in [0, 0.05) is 49.8 Å². The van der Waals surface area contributed by atoms with Gasteiger partial charge in [-0.25, -0.2) is 0 Å². The molecule has 4 N–H and O–H groups in total. The number of nitrogens with one attached hydrogen (secondary N) is 2. The van der Waals surface area contributed by atoms with Gasteiger partial charge in [0.25, 0.3) is 0 Å². The minimum atomic E-state index is 0.881. The maximum atomic E-state index is 6.10. The van der Waals surface area contributed by atoms with Crippen molar-refractivity contribution in [3.63, 3.8) is 0 Å². The van der Waals surface area contributed by atoms with Gasteiger partial charge in [0.2, 0.25) is 0 Å². The number of likely N-dealkylation sites (N-methyl/N-ethyl adjacent to an activating group) is 1. The van der Waals surface area contributed by atoms with Crippen LogP contribution >= 0.6 is 0 Å². The normalized spacial score (nSPS) is 14.5. The zero-order valence-electron chi connectivity index (χ0n) is 15.9. The fourth-order valence-corrected chi connectivity index (χ4v) is 3.32. The van der Waals surface area contributed by atoms with Gasteiger partial charge in [-0.2, -0.15) is 0 Å². The van der Waals surface area contributed by atoms with Crippen molar-refractivity contribution in [1.29, 1.82) is 0 Å². The molecule has 1 aliphatic rings. The summed E-state index contributed by atoms with van der Waals surface area (Å²) in [7, 11) is 0. The minimum absolute atomic E-state index is 0.881. The largest absolute Gasteiger partial charge is 0.402 e. The predicted octanol–water partition coefficient (Wildman–Crippen LogP) is 3.30. The topological polar surface area (TPSA) is 53.3 Å². The Bertz CT molecular complexity index is 591. The number of rotatable bonds is 10. The van der Waals surface area contributed by atoms with Crippen LogP contribution in [0.25, 0.3) is 0 Å². The zero-order valence-corrected chi connectivity index (χ0v) is 15.9. The molecule has 4 heteroatoms. The summed E-state index contributed by atoms with van der Waals surface area (Å²) in [6, 6.07) is 8.70. The molecule has 0 heterocycles. The van der Waals surface area contributed by atoms with E-state index in [4.69, 9.17) is 5.73 Å². The second kappa shape index (κ2) is 10.1. The van der Waals surface area contributed by atoms with Gasteiger partial charge >= 0.3 is 0 Å². The van der Waals surface area contributed by atoms with Crippen molar-refractivity contribution in [3.8, 4) is 0 Å². The van der Waals surface area contributed by atoms with E-state index in [1.807, 2.05) is 0 Å². The lowest BCUT2D eigenvalue weighted by Crippen LogP contribution is -2.35. The lowest BCUT2D eigenvalue weighted by molar-refractivity contribution is 0.625. The molecule has 1 aromatic rings. The molecule has 0 spiro atoms. The summed E-state index contributed by atoms with van der Waals surface area (Å²) in [5, 5.41) is 6.93. The Labute approximate surface area is 153 Å². The third-order valence-corrected chi connectivity index (χ3v) is 4.82. The molecule has 0 amide bonds. The summed E-state index contributed by atoms with van der Waals surface area (Å²) in [6.45, 7) is 13.3. The Morgan fingerprint density at radius 2 is 2.00 bits per heavy atom. The highest BCUT2D eigenvalue weighted by Gasteiger charge is 2.12. The molecule has 0 unspecified atom stereocenters. The fourth-order valence-electron chi connectivity index (χ4n) is 3.32. The molecule has 25 heavy (non-hydrogen) atoms. The number of anilines is 1. The van der Waals surface area contributed by atoms with E-state index in [-0.39, 0.29) is 0 Å². The van der Waals surface area contributed by atoms with Crippen molar-refractivity contribution < 1.29 is 0 Å². The Kier molecular flexibility index (Phi) is 7.86. The molecule has 1 aromatic carbocycles. The average Bonchev–Trinajstić information content (AvgIpc) is 2.61. The Morgan fingerprint density at radius 1 is 1.20 bits per heavy atom. The van der Waals surface area contributed by atoms with Crippen molar-refractivity contribution in [2.24, 2.45) is 5.73 Å². The van der Waals surface area contributed by atoms with Gasteiger partial charge in [-0.05, 0) is 62.8 Å². The SMILES string of the molecule is C=C(NCCNCCN(CC)c1cccc(C)c1)C1=C(N)CCCC1. The molecule has 0 fully saturated rings. The second-order valence-electron chi connectivity index (χ2n) is 6.78. The van der Waals surface area contributed by atoms with Gasteiger partial charge in [-0.3, -0.25) is 0 Å². The first-order valence-electron chi connectivity index (χ1n) is 9.54. The van der Waals surface area contributed by atoms with E-state index >= 15 is 0 Å². The molecular formula is C21H34N4. The number of hydrogen-bond donors (Lipinski definition) is 3. The van der Waals surface area contributed by atoms with Crippen LogP contribution < -0.4 is 21.3 Å². The number of allylic oxidation sites excluding steroid dienone is 2. The fraction of sp³-hybridized carbons (Fsp3) is 0.524.